The number of methoxy groups -OCH3 is 3. The molecule has 1 aromatic rings. The molecular formula is C16H23F3N2O3. The third kappa shape index (κ3) is 4.45. The van der Waals surface area contributed by atoms with E-state index in [9.17, 15) is 13.2 Å². The summed E-state index contributed by atoms with van der Waals surface area (Å²) in [6.45, 7) is 2.44. The summed E-state index contributed by atoms with van der Waals surface area (Å²) in [4.78, 5) is 1.84. The molecule has 0 aromatic heterocycles. The highest BCUT2D eigenvalue weighted by atomic mass is 19.4. The number of hydrogen-bond acceptors (Lipinski definition) is 5. The van der Waals surface area contributed by atoms with Gasteiger partial charge in [-0.2, -0.15) is 13.2 Å². The molecule has 2 rings (SSSR count). The van der Waals surface area contributed by atoms with Crippen molar-refractivity contribution in [2.24, 2.45) is 0 Å². The van der Waals surface area contributed by atoms with E-state index < -0.39 is 18.6 Å². The van der Waals surface area contributed by atoms with Crippen molar-refractivity contribution in [2.75, 3.05) is 47.5 Å². The van der Waals surface area contributed by atoms with Gasteiger partial charge in [0, 0.05) is 32.2 Å². The Kier molecular flexibility index (Phi) is 6.17. The van der Waals surface area contributed by atoms with Gasteiger partial charge >= 0.3 is 6.18 Å². The summed E-state index contributed by atoms with van der Waals surface area (Å²) in [5.74, 6) is 1.08. The molecule has 8 heteroatoms. The summed E-state index contributed by atoms with van der Waals surface area (Å²) in [5, 5.41) is 3.15. The SMILES string of the molecule is COc1cc([C@H](CC(F)(F)F)N2CCNCC2)cc(OC)c1OC. The highest BCUT2D eigenvalue weighted by molar-refractivity contribution is 5.54. The van der Waals surface area contributed by atoms with Crippen molar-refractivity contribution in [3.8, 4) is 17.2 Å². The largest absolute Gasteiger partial charge is 0.493 e. The van der Waals surface area contributed by atoms with Crippen molar-refractivity contribution in [2.45, 2.75) is 18.6 Å². The predicted octanol–water partition coefficient (Wildman–Crippen LogP) is 2.61. The molecule has 1 atom stereocenters. The fraction of sp³-hybridized carbons (Fsp3) is 0.625. The summed E-state index contributed by atoms with van der Waals surface area (Å²) in [7, 11) is 4.36. The zero-order chi connectivity index (χ0) is 17.7. The first-order chi connectivity index (χ1) is 11.4. The molecule has 0 radical (unpaired) electrons. The van der Waals surface area contributed by atoms with E-state index in [1.807, 2.05) is 4.90 Å². The summed E-state index contributed by atoms with van der Waals surface area (Å²) in [6, 6.07) is 2.40. The number of ether oxygens (including phenoxy) is 3. The molecule has 1 N–H and O–H groups in total. The highest BCUT2D eigenvalue weighted by Gasteiger charge is 2.36. The second-order valence-corrected chi connectivity index (χ2v) is 5.58. The van der Waals surface area contributed by atoms with Gasteiger partial charge in [0.2, 0.25) is 5.75 Å². The Morgan fingerprint density at radius 3 is 2.00 bits per heavy atom. The molecule has 136 valence electrons. The van der Waals surface area contributed by atoms with E-state index in [0.29, 0.717) is 49.0 Å². The maximum absolute atomic E-state index is 13.1. The minimum Gasteiger partial charge on any atom is -0.493 e. The van der Waals surface area contributed by atoms with Crippen LogP contribution in [0.25, 0.3) is 0 Å². The van der Waals surface area contributed by atoms with Crippen molar-refractivity contribution in [1.82, 2.24) is 10.2 Å². The zero-order valence-corrected chi connectivity index (χ0v) is 14.1. The second kappa shape index (κ2) is 7.94. The lowest BCUT2D eigenvalue weighted by Gasteiger charge is -2.36. The quantitative estimate of drug-likeness (QED) is 0.856. The lowest BCUT2D eigenvalue weighted by atomic mass is 9.99. The van der Waals surface area contributed by atoms with Gasteiger partial charge in [-0.1, -0.05) is 0 Å². The van der Waals surface area contributed by atoms with Gasteiger partial charge in [0.25, 0.3) is 0 Å². The maximum Gasteiger partial charge on any atom is 0.390 e. The number of halogens is 3. The molecule has 1 fully saturated rings. The number of hydrogen-bond donors (Lipinski definition) is 1. The summed E-state index contributed by atoms with van der Waals surface area (Å²) in [6.07, 6.45) is -5.19. The Hall–Kier alpha value is -1.67. The predicted molar refractivity (Wildman–Crippen MR) is 84.0 cm³/mol. The lowest BCUT2D eigenvalue weighted by Crippen LogP contribution is -2.46. The van der Waals surface area contributed by atoms with E-state index in [-0.39, 0.29) is 0 Å². The molecule has 5 nitrogen and oxygen atoms in total. The fourth-order valence-corrected chi connectivity index (χ4v) is 2.96. The van der Waals surface area contributed by atoms with Crippen molar-refractivity contribution in [3.05, 3.63) is 17.7 Å². The van der Waals surface area contributed by atoms with Gasteiger partial charge in [-0.3, -0.25) is 4.90 Å². The fourth-order valence-electron chi connectivity index (χ4n) is 2.96. The van der Waals surface area contributed by atoms with E-state index in [1.165, 1.54) is 21.3 Å². The molecule has 0 amide bonds. The summed E-state index contributed by atoms with van der Waals surface area (Å²) >= 11 is 0. The second-order valence-electron chi connectivity index (χ2n) is 5.58. The van der Waals surface area contributed by atoms with Gasteiger partial charge in [0.15, 0.2) is 11.5 Å². The Balaban J connectivity index is 2.44. The van der Waals surface area contributed by atoms with Crippen LogP contribution in [0.2, 0.25) is 0 Å². The minimum absolute atomic E-state index is 0.356. The molecule has 1 aromatic carbocycles. The number of rotatable bonds is 6. The molecule has 1 saturated heterocycles. The van der Waals surface area contributed by atoms with Crippen LogP contribution in [0, 0.1) is 0 Å². The van der Waals surface area contributed by atoms with E-state index in [1.54, 1.807) is 12.1 Å². The molecule has 1 heterocycles. The molecule has 0 aliphatic carbocycles. The van der Waals surface area contributed by atoms with Gasteiger partial charge < -0.3 is 19.5 Å². The molecule has 0 bridgehead atoms. The van der Waals surface area contributed by atoms with Crippen molar-refractivity contribution >= 4 is 0 Å². The van der Waals surface area contributed by atoms with Crippen LogP contribution in [-0.2, 0) is 0 Å². The molecular weight excluding hydrogens is 325 g/mol. The Bertz CT molecular complexity index is 521. The van der Waals surface area contributed by atoms with Crippen LogP contribution < -0.4 is 19.5 Å². The van der Waals surface area contributed by atoms with Gasteiger partial charge in [0.1, 0.15) is 0 Å². The molecule has 24 heavy (non-hydrogen) atoms. The number of nitrogens with zero attached hydrogens (tertiary/aromatic N) is 1. The number of nitrogens with one attached hydrogen (secondary N) is 1. The van der Waals surface area contributed by atoms with Crippen LogP contribution in [0.3, 0.4) is 0 Å². The van der Waals surface area contributed by atoms with Crippen LogP contribution in [-0.4, -0.2) is 58.6 Å². The van der Waals surface area contributed by atoms with Crippen LogP contribution >= 0.6 is 0 Å². The van der Waals surface area contributed by atoms with E-state index in [0.717, 1.165) is 0 Å². The Labute approximate surface area is 139 Å². The number of benzene rings is 1. The smallest absolute Gasteiger partial charge is 0.390 e. The van der Waals surface area contributed by atoms with Gasteiger partial charge in [0.05, 0.1) is 27.8 Å². The average molecular weight is 348 g/mol. The minimum atomic E-state index is -4.27. The first-order valence-electron chi connectivity index (χ1n) is 7.71. The first kappa shape index (κ1) is 18.7. The molecule has 0 spiro atoms. The third-order valence-corrected chi connectivity index (χ3v) is 4.09. The van der Waals surface area contributed by atoms with Gasteiger partial charge in [-0.15, -0.1) is 0 Å². The van der Waals surface area contributed by atoms with E-state index in [2.05, 4.69) is 5.32 Å². The van der Waals surface area contributed by atoms with Crippen molar-refractivity contribution in [3.63, 3.8) is 0 Å². The van der Waals surface area contributed by atoms with Crippen molar-refractivity contribution < 1.29 is 27.4 Å². The van der Waals surface area contributed by atoms with E-state index >= 15 is 0 Å². The summed E-state index contributed by atoms with van der Waals surface area (Å²) < 4.78 is 55.2. The topological polar surface area (TPSA) is 43.0 Å². The van der Waals surface area contributed by atoms with Gasteiger partial charge in [-0.05, 0) is 17.7 Å². The molecule has 0 saturated carbocycles. The zero-order valence-electron chi connectivity index (χ0n) is 14.1. The van der Waals surface area contributed by atoms with Crippen LogP contribution in [0.1, 0.15) is 18.0 Å². The average Bonchev–Trinajstić information content (AvgIpc) is 2.58. The molecule has 1 aliphatic rings. The normalized spacial score (nSPS) is 17.4. The van der Waals surface area contributed by atoms with Crippen LogP contribution in [0.5, 0.6) is 17.2 Å². The highest BCUT2D eigenvalue weighted by Crippen LogP contribution is 2.43. The van der Waals surface area contributed by atoms with Crippen LogP contribution in [0.15, 0.2) is 12.1 Å². The molecule has 0 unspecified atom stereocenters. The first-order valence-corrected chi connectivity index (χ1v) is 7.71. The monoisotopic (exact) mass is 348 g/mol. The Morgan fingerprint density at radius 1 is 1.04 bits per heavy atom. The van der Waals surface area contributed by atoms with E-state index in [4.69, 9.17) is 14.2 Å². The summed E-state index contributed by atoms with van der Waals surface area (Å²) in [5.41, 5.74) is 0.503. The van der Waals surface area contributed by atoms with Crippen molar-refractivity contribution in [1.29, 1.82) is 0 Å². The maximum atomic E-state index is 13.1. The van der Waals surface area contributed by atoms with Crippen LogP contribution in [0.4, 0.5) is 13.2 Å². The molecule has 1 aliphatic heterocycles. The number of alkyl halides is 3. The standard InChI is InChI=1S/C16H23F3N2O3/c1-22-13-8-11(9-14(23-2)15(13)24-3)12(10-16(17,18)19)21-6-4-20-5-7-21/h8-9,12,20H,4-7,10H2,1-3H3/t12-/m0/s1. The lowest BCUT2D eigenvalue weighted by molar-refractivity contribution is -0.148. The third-order valence-electron chi connectivity index (χ3n) is 4.09. The van der Waals surface area contributed by atoms with Gasteiger partial charge in [-0.25, -0.2) is 0 Å². The number of piperazine rings is 1. The Morgan fingerprint density at radius 2 is 1.58 bits per heavy atom.